The van der Waals surface area contributed by atoms with Crippen LogP contribution < -0.4 is 11.3 Å². The van der Waals surface area contributed by atoms with E-state index < -0.39 is 36.2 Å². The van der Waals surface area contributed by atoms with E-state index in [2.05, 4.69) is 15.0 Å². The number of nitrogen functional groups attached to an aromatic ring is 1. The fraction of sp³-hybridized carbons (Fsp3) is 0.615. The first-order chi connectivity index (χ1) is 10.9. The number of ether oxygens (including phenoxy) is 2. The number of fused-ring (bicyclic) bond motifs is 1. The normalized spacial score (nSPS) is 31.0. The van der Waals surface area contributed by atoms with Crippen LogP contribution in [0.2, 0.25) is 0 Å². The van der Waals surface area contributed by atoms with Crippen LogP contribution in [0.5, 0.6) is 0 Å². The predicted octanol–water partition coefficient (Wildman–Crippen LogP) is -1.25. The molecule has 0 aliphatic carbocycles. The largest absolute Gasteiger partial charge is 0.393 e. The van der Waals surface area contributed by atoms with Gasteiger partial charge in [-0.2, -0.15) is 4.98 Å². The average Bonchev–Trinajstić information content (AvgIpc) is 3.02. The summed E-state index contributed by atoms with van der Waals surface area (Å²) >= 11 is 0. The molecule has 4 atom stereocenters. The summed E-state index contributed by atoms with van der Waals surface area (Å²) in [6.07, 6.45) is -1.24. The van der Waals surface area contributed by atoms with Gasteiger partial charge in [0.2, 0.25) is 5.95 Å². The van der Waals surface area contributed by atoms with Crippen LogP contribution in [0.4, 0.5) is 5.95 Å². The molecule has 1 aliphatic rings. The zero-order chi connectivity index (χ0) is 16.8. The molecule has 2 aromatic rings. The maximum Gasteiger partial charge on any atom is 0.280 e. The monoisotopic (exact) mass is 325 g/mol. The van der Waals surface area contributed by atoms with Crippen molar-refractivity contribution in [2.24, 2.45) is 0 Å². The molecule has 1 aliphatic heterocycles. The molecule has 10 heteroatoms. The lowest BCUT2D eigenvalue weighted by Gasteiger charge is -2.25. The van der Waals surface area contributed by atoms with E-state index in [0.29, 0.717) is 6.61 Å². The Labute approximate surface area is 130 Å². The van der Waals surface area contributed by atoms with Crippen LogP contribution in [0.1, 0.15) is 20.1 Å². The van der Waals surface area contributed by atoms with Gasteiger partial charge < -0.3 is 25.4 Å². The summed E-state index contributed by atoms with van der Waals surface area (Å²) in [7, 11) is 0. The van der Waals surface area contributed by atoms with Gasteiger partial charge in [0.15, 0.2) is 17.4 Å². The van der Waals surface area contributed by atoms with Crippen LogP contribution in [0.15, 0.2) is 11.1 Å². The molecule has 0 spiro atoms. The summed E-state index contributed by atoms with van der Waals surface area (Å²) in [6, 6.07) is 0. The number of aliphatic hydroxyl groups excluding tert-OH is 2. The highest BCUT2D eigenvalue weighted by atomic mass is 16.6. The molecule has 126 valence electrons. The van der Waals surface area contributed by atoms with Gasteiger partial charge in [0.05, 0.1) is 12.9 Å². The van der Waals surface area contributed by atoms with Gasteiger partial charge in [0.1, 0.15) is 17.8 Å². The van der Waals surface area contributed by atoms with E-state index in [9.17, 15) is 15.0 Å². The third-order valence-electron chi connectivity index (χ3n) is 4.01. The van der Waals surface area contributed by atoms with Gasteiger partial charge in [-0.3, -0.25) is 14.3 Å². The lowest BCUT2D eigenvalue weighted by atomic mass is 9.98. The number of imidazole rings is 1. The molecule has 2 aromatic heterocycles. The van der Waals surface area contributed by atoms with Gasteiger partial charge in [0, 0.05) is 6.61 Å². The molecule has 1 saturated heterocycles. The van der Waals surface area contributed by atoms with Gasteiger partial charge in [0.25, 0.3) is 5.56 Å². The van der Waals surface area contributed by atoms with Gasteiger partial charge in [-0.15, -0.1) is 0 Å². The third-order valence-corrected chi connectivity index (χ3v) is 4.01. The molecule has 3 heterocycles. The Morgan fingerprint density at radius 3 is 3.00 bits per heavy atom. The van der Waals surface area contributed by atoms with Crippen molar-refractivity contribution in [1.29, 1.82) is 0 Å². The van der Waals surface area contributed by atoms with E-state index >= 15 is 0 Å². The fourth-order valence-electron chi connectivity index (χ4n) is 2.76. The van der Waals surface area contributed by atoms with Crippen molar-refractivity contribution in [1.82, 2.24) is 19.5 Å². The molecule has 0 aromatic carbocycles. The zero-order valence-corrected chi connectivity index (χ0v) is 12.8. The van der Waals surface area contributed by atoms with Crippen LogP contribution in [-0.2, 0) is 9.47 Å². The number of nitrogens with one attached hydrogen (secondary N) is 1. The Morgan fingerprint density at radius 2 is 2.35 bits per heavy atom. The van der Waals surface area contributed by atoms with E-state index in [1.807, 2.05) is 0 Å². The highest BCUT2D eigenvalue weighted by Gasteiger charge is 2.53. The van der Waals surface area contributed by atoms with Gasteiger partial charge in [-0.1, -0.05) is 0 Å². The van der Waals surface area contributed by atoms with Crippen molar-refractivity contribution in [2.45, 2.75) is 37.9 Å². The van der Waals surface area contributed by atoms with E-state index in [1.165, 1.54) is 10.9 Å². The zero-order valence-electron chi connectivity index (χ0n) is 12.8. The van der Waals surface area contributed by atoms with Crippen LogP contribution in [0.3, 0.4) is 0 Å². The van der Waals surface area contributed by atoms with Crippen LogP contribution in [0.25, 0.3) is 11.2 Å². The first kappa shape index (κ1) is 15.9. The van der Waals surface area contributed by atoms with Crippen molar-refractivity contribution in [2.75, 3.05) is 18.9 Å². The number of nitrogens with two attached hydrogens (primary N) is 1. The Hall–Kier alpha value is -2.01. The maximum absolute atomic E-state index is 11.9. The number of hydrogen-bond donors (Lipinski definition) is 4. The summed E-state index contributed by atoms with van der Waals surface area (Å²) in [6.45, 7) is 3.31. The summed E-state index contributed by atoms with van der Waals surface area (Å²) < 4.78 is 12.9. The predicted molar refractivity (Wildman–Crippen MR) is 79.6 cm³/mol. The second-order valence-electron chi connectivity index (χ2n) is 5.62. The molecule has 10 nitrogen and oxygen atoms in total. The minimum atomic E-state index is -1.20. The second-order valence-corrected chi connectivity index (χ2v) is 5.62. The number of hydrogen-bond acceptors (Lipinski definition) is 8. The molecule has 0 radical (unpaired) electrons. The summed E-state index contributed by atoms with van der Waals surface area (Å²) in [5, 5.41) is 20.0. The molecule has 1 fully saturated rings. The lowest BCUT2D eigenvalue weighted by Crippen LogP contribution is -2.44. The van der Waals surface area contributed by atoms with Crippen LogP contribution >= 0.6 is 0 Å². The Morgan fingerprint density at radius 1 is 1.61 bits per heavy atom. The van der Waals surface area contributed by atoms with Crippen molar-refractivity contribution in [3.05, 3.63) is 16.7 Å². The third kappa shape index (κ3) is 2.39. The quantitative estimate of drug-likeness (QED) is 0.545. The van der Waals surface area contributed by atoms with Crippen molar-refractivity contribution in [3.8, 4) is 0 Å². The van der Waals surface area contributed by atoms with E-state index in [0.717, 1.165) is 0 Å². The molecular formula is C13H19N5O5. The molecule has 2 unspecified atom stereocenters. The number of H-pyrrole nitrogens is 1. The standard InChI is InChI=1S/C13H19N5O5/c1-3-22-7-8(20)13(2,4-19)23-11(7)18-5-15-6-9(18)16-12(14)17-10(6)21/h5,7-8,11,19-20H,3-4H2,1-2H3,(H3,14,16,17,21)/t7?,8?,11-,13-/m1/s1. The minimum Gasteiger partial charge on any atom is -0.393 e. The smallest absolute Gasteiger partial charge is 0.280 e. The van der Waals surface area contributed by atoms with Gasteiger partial charge >= 0.3 is 0 Å². The number of aromatic nitrogens is 4. The topological polar surface area (TPSA) is 149 Å². The highest BCUT2D eigenvalue weighted by Crippen LogP contribution is 2.39. The number of aliphatic hydroxyl groups is 2. The number of anilines is 1. The minimum absolute atomic E-state index is 0.0549. The molecule has 23 heavy (non-hydrogen) atoms. The number of rotatable bonds is 4. The average molecular weight is 325 g/mol. The first-order valence-electron chi connectivity index (χ1n) is 7.22. The summed E-state index contributed by atoms with van der Waals surface area (Å²) in [5.74, 6) is -0.0549. The van der Waals surface area contributed by atoms with Crippen LogP contribution in [-0.4, -0.2) is 60.8 Å². The fourth-order valence-corrected chi connectivity index (χ4v) is 2.76. The molecule has 0 amide bonds. The maximum atomic E-state index is 11.9. The van der Waals surface area contributed by atoms with Crippen molar-refractivity contribution in [3.63, 3.8) is 0 Å². The molecule has 5 N–H and O–H groups in total. The highest BCUT2D eigenvalue weighted by molar-refractivity contribution is 5.70. The summed E-state index contributed by atoms with van der Waals surface area (Å²) in [4.78, 5) is 22.3. The van der Waals surface area contributed by atoms with E-state index in [-0.39, 0.29) is 17.1 Å². The molecular weight excluding hydrogens is 306 g/mol. The number of nitrogens with zero attached hydrogens (tertiary/aromatic N) is 3. The van der Waals surface area contributed by atoms with Crippen LogP contribution in [0, 0.1) is 0 Å². The Kier molecular flexibility index (Phi) is 3.84. The Bertz CT molecular complexity index is 774. The lowest BCUT2D eigenvalue weighted by molar-refractivity contribution is -0.116. The van der Waals surface area contributed by atoms with E-state index in [4.69, 9.17) is 15.2 Å². The van der Waals surface area contributed by atoms with Gasteiger partial charge in [-0.25, -0.2) is 4.98 Å². The van der Waals surface area contributed by atoms with Crippen molar-refractivity contribution >= 4 is 17.1 Å². The first-order valence-corrected chi connectivity index (χ1v) is 7.22. The summed E-state index contributed by atoms with van der Waals surface area (Å²) in [5.41, 5.74) is 4.23. The second kappa shape index (κ2) is 5.57. The molecule has 0 bridgehead atoms. The van der Waals surface area contributed by atoms with Crippen molar-refractivity contribution < 1.29 is 19.7 Å². The number of aromatic amines is 1. The van der Waals surface area contributed by atoms with Gasteiger partial charge in [-0.05, 0) is 13.8 Å². The van der Waals surface area contributed by atoms with E-state index in [1.54, 1.807) is 13.8 Å². The SMILES string of the molecule is CCOC1C(O)[C@@](C)(CO)O[C@H]1n1cnc2c(=O)[nH]c(N)nc21. The Balaban J connectivity index is 2.11. The molecule has 0 saturated carbocycles. The molecule has 3 rings (SSSR count).